The van der Waals surface area contributed by atoms with E-state index in [2.05, 4.69) is 30.2 Å². The van der Waals surface area contributed by atoms with Crippen molar-refractivity contribution in [1.82, 2.24) is 25.3 Å². The van der Waals surface area contributed by atoms with Crippen LogP contribution in [0.25, 0.3) is 0 Å². The predicted octanol–water partition coefficient (Wildman–Crippen LogP) is 4.55. The molecule has 0 atom stereocenters. The maximum absolute atomic E-state index is 13.1. The largest absolute Gasteiger partial charge is 0.491 e. The lowest BCUT2D eigenvalue weighted by Crippen LogP contribution is -2.34. The molecule has 1 aliphatic carbocycles. The van der Waals surface area contributed by atoms with Crippen LogP contribution in [0.15, 0.2) is 78.0 Å². The second-order valence-electron chi connectivity index (χ2n) is 9.98. The number of hydrogen-bond donors (Lipinski definition) is 1. The first-order valence-electron chi connectivity index (χ1n) is 13.5. The number of carbonyl (C=O) groups excluding carboxylic acids is 2. The zero-order valence-electron chi connectivity index (χ0n) is 23.2. The summed E-state index contributed by atoms with van der Waals surface area (Å²) in [5.74, 6) is 1.65. The predicted molar refractivity (Wildman–Crippen MR) is 153 cm³/mol. The normalized spacial score (nSPS) is 15.4. The van der Waals surface area contributed by atoms with Gasteiger partial charge in [0.2, 0.25) is 5.88 Å². The SMILES string of the molecule is C/C=C1\C=CC(NC(=O)c2cc(Oc3cnc(N(CC4CC4)C(=O)c4cnccn4)cn3)cc(OC(C)C)c2)=NC1. The lowest BCUT2D eigenvalue weighted by molar-refractivity contribution is 0.0970. The molecule has 1 saturated carbocycles. The minimum atomic E-state index is -0.351. The molecule has 41 heavy (non-hydrogen) atoms. The second kappa shape index (κ2) is 12.5. The maximum Gasteiger partial charge on any atom is 0.279 e. The van der Waals surface area contributed by atoms with Crippen LogP contribution in [0, 0.1) is 5.92 Å². The quantitative estimate of drug-likeness (QED) is 0.408. The number of benzene rings is 1. The van der Waals surface area contributed by atoms with E-state index in [9.17, 15) is 9.59 Å². The van der Waals surface area contributed by atoms with Crippen LogP contribution in [-0.2, 0) is 0 Å². The van der Waals surface area contributed by atoms with E-state index < -0.39 is 0 Å². The van der Waals surface area contributed by atoms with Gasteiger partial charge in [-0.2, -0.15) is 0 Å². The minimum absolute atomic E-state index is 0.116. The molecule has 1 fully saturated rings. The third-order valence-electron chi connectivity index (χ3n) is 6.29. The summed E-state index contributed by atoms with van der Waals surface area (Å²) in [5.41, 5.74) is 1.65. The average molecular weight is 554 g/mol. The third-order valence-corrected chi connectivity index (χ3v) is 6.29. The summed E-state index contributed by atoms with van der Waals surface area (Å²) < 4.78 is 11.8. The summed E-state index contributed by atoms with van der Waals surface area (Å²) in [6, 6.07) is 4.93. The summed E-state index contributed by atoms with van der Waals surface area (Å²) in [4.78, 5) is 49.2. The Morgan fingerprint density at radius 3 is 2.51 bits per heavy atom. The molecular formula is C30H31N7O4. The molecule has 0 saturated heterocycles. The highest BCUT2D eigenvalue weighted by molar-refractivity contribution is 6.11. The van der Waals surface area contributed by atoms with E-state index in [1.165, 1.54) is 31.0 Å². The van der Waals surface area contributed by atoms with E-state index in [1.54, 1.807) is 29.2 Å². The van der Waals surface area contributed by atoms with Crippen LogP contribution in [0.2, 0.25) is 0 Å². The molecule has 1 aromatic carbocycles. The van der Waals surface area contributed by atoms with Crippen molar-refractivity contribution in [1.29, 1.82) is 0 Å². The third kappa shape index (κ3) is 7.38. The first-order chi connectivity index (χ1) is 19.9. The molecule has 0 unspecified atom stereocenters. The fourth-order valence-electron chi connectivity index (χ4n) is 4.04. The van der Waals surface area contributed by atoms with Crippen LogP contribution in [0.4, 0.5) is 5.82 Å². The summed E-state index contributed by atoms with van der Waals surface area (Å²) in [6.45, 7) is 6.77. The first-order valence-corrected chi connectivity index (χ1v) is 13.5. The second-order valence-corrected chi connectivity index (χ2v) is 9.98. The van der Waals surface area contributed by atoms with Crippen molar-refractivity contribution >= 4 is 23.5 Å². The zero-order chi connectivity index (χ0) is 28.8. The van der Waals surface area contributed by atoms with E-state index in [4.69, 9.17) is 9.47 Å². The van der Waals surface area contributed by atoms with Crippen molar-refractivity contribution in [3.05, 3.63) is 84.2 Å². The molecule has 11 nitrogen and oxygen atoms in total. The van der Waals surface area contributed by atoms with Crippen molar-refractivity contribution in [3.8, 4) is 17.4 Å². The van der Waals surface area contributed by atoms with E-state index in [1.807, 2.05) is 32.9 Å². The summed E-state index contributed by atoms with van der Waals surface area (Å²) >= 11 is 0. The molecule has 5 rings (SSSR count). The molecule has 2 aromatic heterocycles. The molecule has 3 heterocycles. The molecule has 3 aromatic rings. The molecule has 1 aliphatic heterocycles. The average Bonchev–Trinajstić information content (AvgIpc) is 3.81. The minimum Gasteiger partial charge on any atom is -0.491 e. The Morgan fingerprint density at radius 1 is 1.05 bits per heavy atom. The van der Waals surface area contributed by atoms with Crippen LogP contribution in [0.5, 0.6) is 17.4 Å². The molecule has 0 bridgehead atoms. The number of ether oxygens (including phenoxy) is 2. The zero-order valence-corrected chi connectivity index (χ0v) is 23.2. The highest BCUT2D eigenvalue weighted by atomic mass is 16.5. The molecule has 0 spiro atoms. The van der Waals surface area contributed by atoms with E-state index in [-0.39, 0.29) is 29.5 Å². The molecule has 2 aliphatic rings. The number of nitrogens with zero attached hydrogens (tertiary/aromatic N) is 6. The van der Waals surface area contributed by atoms with Gasteiger partial charge in [-0.05, 0) is 63.3 Å². The van der Waals surface area contributed by atoms with Gasteiger partial charge < -0.3 is 14.8 Å². The Balaban J connectivity index is 1.34. The van der Waals surface area contributed by atoms with Gasteiger partial charge in [0.05, 0.1) is 31.2 Å². The number of allylic oxidation sites excluding steroid dienone is 1. The highest BCUT2D eigenvalue weighted by Gasteiger charge is 2.30. The highest BCUT2D eigenvalue weighted by Crippen LogP contribution is 2.32. The number of amides is 2. The number of aromatic nitrogens is 4. The Bertz CT molecular complexity index is 1500. The van der Waals surface area contributed by atoms with Gasteiger partial charge in [-0.3, -0.25) is 24.5 Å². The van der Waals surface area contributed by atoms with Gasteiger partial charge in [0.15, 0.2) is 5.82 Å². The van der Waals surface area contributed by atoms with Gasteiger partial charge in [0.1, 0.15) is 23.0 Å². The standard InChI is InChI=1S/C30H31N7O4/c1-4-20-7-8-26(33-14-20)36-29(38)22-11-23(40-19(2)3)13-24(12-22)41-28-17-34-27(16-35-28)37(18-21-5-6-21)30(39)25-15-31-9-10-32-25/h4,7-13,15-17,19,21H,5-6,14,18H2,1-3H3,(H,33,36,38)/b20-4+. The van der Waals surface area contributed by atoms with Gasteiger partial charge in [-0.1, -0.05) is 12.2 Å². The lowest BCUT2D eigenvalue weighted by Gasteiger charge is -2.21. The monoisotopic (exact) mass is 553 g/mol. The molecule has 1 N–H and O–H groups in total. The Labute approximate surface area is 238 Å². The summed E-state index contributed by atoms with van der Waals surface area (Å²) in [6.07, 6.45) is 15.0. The fraction of sp³-hybridized carbons (Fsp3) is 0.300. The Kier molecular flexibility index (Phi) is 8.42. The molecule has 210 valence electrons. The van der Waals surface area contributed by atoms with E-state index in [0.29, 0.717) is 47.7 Å². The summed E-state index contributed by atoms with van der Waals surface area (Å²) in [5, 5.41) is 2.83. The van der Waals surface area contributed by atoms with Gasteiger partial charge in [0.25, 0.3) is 11.8 Å². The number of aliphatic imine (C=N–C) groups is 1. The fourth-order valence-corrected chi connectivity index (χ4v) is 4.04. The van der Waals surface area contributed by atoms with Crippen molar-refractivity contribution < 1.29 is 19.1 Å². The Hall–Kier alpha value is -4.93. The van der Waals surface area contributed by atoms with E-state index >= 15 is 0 Å². The molecule has 0 radical (unpaired) electrons. The van der Waals surface area contributed by atoms with Crippen molar-refractivity contribution in [2.24, 2.45) is 10.9 Å². The Morgan fingerprint density at radius 2 is 1.88 bits per heavy atom. The smallest absolute Gasteiger partial charge is 0.279 e. The van der Waals surface area contributed by atoms with E-state index in [0.717, 1.165) is 18.4 Å². The maximum atomic E-state index is 13.1. The first kappa shape index (κ1) is 27.6. The van der Waals surface area contributed by atoms with Crippen molar-refractivity contribution in [3.63, 3.8) is 0 Å². The van der Waals surface area contributed by atoms with Crippen LogP contribution >= 0.6 is 0 Å². The number of amidine groups is 1. The number of dihydropyridines is 1. The van der Waals surface area contributed by atoms with Gasteiger partial charge in [-0.15, -0.1) is 0 Å². The summed E-state index contributed by atoms with van der Waals surface area (Å²) in [7, 11) is 0. The van der Waals surface area contributed by atoms with Crippen molar-refractivity contribution in [2.75, 3.05) is 18.0 Å². The molecule has 2 amide bonds. The van der Waals surface area contributed by atoms with Crippen molar-refractivity contribution in [2.45, 2.75) is 39.7 Å². The van der Waals surface area contributed by atoms with Crippen LogP contribution in [0.1, 0.15) is 54.5 Å². The number of anilines is 1. The lowest BCUT2D eigenvalue weighted by atomic mass is 10.1. The van der Waals surface area contributed by atoms with Crippen LogP contribution < -0.4 is 19.7 Å². The van der Waals surface area contributed by atoms with Gasteiger partial charge in [0, 0.05) is 30.6 Å². The topological polar surface area (TPSA) is 132 Å². The number of nitrogens with one attached hydrogen (secondary N) is 1. The number of rotatable bonds is 9. The molecule has 11 heteroatoms. The number of hydrogen-bond acceptors (Lipinski definition) is 9. The van der Waals surface area contributed by atoms with Crippen LogP contribution in [0.3, 0.4) is 0 Å². The number of carbonyl (C=O) groups is 2. The van der Waals surface area contributed by atoms with Gasteiger partial charge in [-0.25, -0.2) is 15.0 Å². The molecular weight excluding hydrogens is 522 g/mol. The van der Waals surface area contributed by atoms with Crippen LogP contribution in [-0.4, -0.2) is 56.8 Å². The van der Waals surface area contributed by atoms with Gasteiger partial charge >= 0.3 is 0 Å².